The van der Waals surface area contributed by atoms with E-state index in [4.69, 9.17) is 0 Å². The van der Waals surface area contributed by atoms with Crippen LogP contribution in [0.5, 0.6) is 0 Å². The van der Waals surface area contributed by atoms with E-state index in [0.29, 0.717) is 11.8 Å². The SMILES string of the molecule is Cc1nc(-c2c(C(F)(F)F)ccc(CNC(=O)C3CCN(c4cccc(C(F)(F)F)c4)CC3)c2F)[nH]c(=O)c1F. The second-order valence-corrected chi connectivity index (χ2v) is 9.30. The summed E-state index contributed by atoms with van der Waals surface area (Å²) in [7, 11) is 0. The van der Waals surface area contributed by atoms with Gasteiger partial charge in [-0.3, -0.25) is 9.59 Å². The molecule has 2 aromatic carbocycles. The lowest BCUT2D eigenvalue weighted by Crippen LogP contribution is -2.40. The second kappa shape index (κ2) is 10.9. The van der Waals surface area contributed by atoms with Gasteiger partial charge in [-0.1, -0.05) is 12.1 Å². The van der Waals surface area contributed by atoms with Gasteiger partial charge in [-0.15, -0.1) is 0 Å². The van der Waals surface area contributed by atoms with E-state index in [-0.39, 0.29) is 31.5 Å². The topological polar surface area (TPSA) is 78.1 Å². The van der Waals surface area contributed by atoms with Gasteiger partial charge in [0.15, 0.2) is 0 Å². The van der Waals surface area contributed by atoms with Crippen molar-refractivity contribution in [3.8, 4) is 11.4 Å². The molecule has 1 amide bonds. The summed E-state index contributed by atoms with van der Waals surface area (Å²) in [6, 6.07) is 6.23. The first-order valence-electron chi connectivity index (χ1n) is 12.0. The van der Waals surface area contributed by atoms with E-state index >= 15 is 4.39 Å². The number of rotatable bonds is 5. The fourth-order valence-corrected chi connectivity index (χ4v) is 4.52. The smallest absolute Gasteiger partial charge is 0.371 e. The number of nitrogens with zero attached hydrogens (tertiary/aromatic N) is 2. The van der Waals surface area contributed by atoms with Crippen LogP contribution < -0.4 is 15.8 Å². The quantitative estimate of drug-likeness (QED) is 0.390. The van der Waals surface area contributed by atoms with Gasteiger partial charge in [-0.2, -0.15) is 30.7 Å². The van der Waals surface area contributed by atoms with Crippen LogP contribution in [0.25, 0.3) is 11.4 Å². The van der Waals surface area contributed by atoms with E-state index in [1.165, 1.54) is 12.1 Å². The molecule has 40 heavy (non-hydrogen) atoms. The molecule has 0 spiro atoms. The molecule has 1 fully saturated rings. The molecule has 4 rings (SSSR count). The Kier molecular flexibility index (Phi) is 7.90. The molecule has 0 atom stereocenters. The first kappa shape index (κ1) is 29.0. The van der Waals surface area contributed by atoms with Crippen LogP contribution in [0.2, 0.25) is 0 Å². The Labute approximate surface area is 222 Å². The molecule has 214 valence electrons. The number of carbonyl (C=O) groups excluding carboxylic acids is 1. The molecule has 2 heterocycles. The molecular formula is C26H22F8N4O2. The van der Waals surface area contributed by atoms with Crippen molar-refractivity contribution in [1.29, 1.82) is 0 Å². The number of aryl methyl sites for hydroxylation is 1. The van der Waals surface area contributed by atoms with Crippen molar-refractivity contribution in [2.24, 2.45) is 5.92 Å². The number of aromatic nitrogens is 2. The third-order valence-electron chi connectivity index (χ3n) is 6.65. The van der Waals surface area contributed by atoms with Gasteiger partial charge < -0.3 is 15.2 Å². The van der Waals surface area contributed by atoms with Gasteiger partial charge in [0.2, 0.25) is 11.7 Å². The van der Waals surface area contributed by atoms with E-state index < -0.39 is 76.1 Å². The van der Waals surface area contributed by atoms with Gasteiger partial charge in [0.05, 0.1) is 22.4 Å². The molecule has 1 saturated heterocycles. The summed E-state index contributed by atoms with van der Waals surface area (Å²) in [5.41, 5.74) is -5.20. The first-order chi connectivity index (χ1) is 18.7. The largest absolute Gasteiger partial charge is 0.417 e. The highest BCUT2D eigenvalue weighted by Gasteiger charge is 2.37. The average Bonchev–Trinajstić information content (AvgIpc) is 2.89. The van der Waals surface area contributed by atoms with Crippen LogP contribution in [0.3, 0.4) is 0 Å². The number of nitrogens with one attached hydrogen (secondary N) is 2. The van der Waals surface area contributed by atoms with Crippen molar-refractivity contribution >= 4 is 11.6 Å². The molecule has 2 N–H and O–H groups in total. The zero-order valence-corrected chi connectivity index (χ0v) is 20.8. The maximum atomic E-state index is 15.4. The molecule has 0 aliphatic carbocycles. The summed E-state index contributed by atoms with van der Waals surface area (Å²) in [5.74, 6) is -4.60. The number of carbonyl (C=O) groups is 1. The monoisotopic (exact) mass is 574 g/mol. The molecule has 0 radical (unpaired) electrons. The molecule has 1 aliphatic rings. The number of hydrogen-bond acceptors (Lipinski definition) is 4. The van der Waals surface area contributed by atoms with Gasteiger partial charge in [0.1, 0.15) is 11.6 Å². The Morgan fingerprint density at radius 1 is 1.02 bits per heavy atom. The van der Waals surface area contributed by atoms with Crippen LogP contribution >= 0.6 is 0 Å². The van der Waals surface area contributed by atoms with Crippen molar-refractivity contribution in [1.82, 2.24) is 15.3 Å². The predicted molar refractivity (Wildman–Crippen MR) is 128 cm³/mol. The highest BCUT2D eigenvalue weighted by Crippen LogP contribution is 2.38. The fourth-order valence-electron chi connectivity index (χ4n) is 4.52. The summed E-state index contributed by atoms with van der Waals surface area (Å²) in [6.07, 6.45) is -8.97. The van der Waals surface area contributed by atoms with Crippen LogP contribution in [-0.2, 0) is 23.7 Å². The Morgan fingerprint density at radius 2 is 1.70 bits per heavy atom. The van der Waals surface area contributed by atoms with Crippen LogP contribution in [-0.4, -0.2) is 29.0 Å². The number of benzene rings is 2. The Hall–Kier alpha value is -3.97. The van der Waals surface area contributed by atoms with Gasteiger partial charge >= 0.3 is 12.4 Å². The second-order valence-electron chi connectivity index (χ2n) is 9.30. The minimum atomic E-state index is -5.04. The van der Waals surface area contributed by atoms with E-state index in [2.05, 4.69) is 10.3 Å². The van der Waals surface area contributed by atoms with Crippen molar-refractivity contribution in [3.05, 3.63) is 80.8 Å². The number of piperidine rings is 1. The van der Waals surface area contributed by atoms with E-state index in [9.17, 15) is 40.3 Å². The number of alkyl halides is 6. The van der Waals surface area contributed by atoms with Gasteiger partial charge in [-0.05, 0) is 44.0 Å². The summed E-state index contributed by atoms with van der Waals surface area (Å²) in [6.45, 7) is 1.11. The van der Waals surface area contributed by atoms with Crippen LogP contribution in [0.1, 0.15) is 35.2 Å². The highest BCUT2D eigenvalue weighted by molar-refractivity contribution is 5.79. The summed E-state index contributed by atoms with van der Waals surface area (Å²) in [4.78, 5) is 31.6. The zero-order chi connectivity index (χ0) is 29.4. The molecule has 14 heteroatoms. The zero-order valence-electron chi connectivity index (χ0n) is 20.8. The van der Waals surface area contributed by atoms with Crippen molar-refractivity contribution in [3.63, 3.8) is 0 Å². The molecule has 0 bridgehead atoms. The number of anilines is 1. The van der Waals surface area contributed by atoms with Crippen LogP contribution in [0, 0.1) is 24.5 Å². The number of halogens is 8. The lowest BCUT2D eigenvalue weighted by atomic mass is 9.95. The molecule has 3 aromatic rings. The van der Waals surface area contributed by atoms with Crippen LogP contribution in [0.15, 0.2) is 41.2 Å². The third-order valence-corrected chi connectivity index (χ3v) is 6.65. The Bertz CT molecular complexity index is 1470. The minimum Gasteiger partial charge on any atom is -0.371 e. The first-order valence-corrected chi connectivity index (χ1v) is 12.0. The minimum absolute atomic E-state index is 0.279. The number of aromatic amines is 1. The van der Waals surface area contributed by atoms with Crippen LogP contribution in [0.4, 0.5) is 40.8 Å². The van der Waals surface area contributed by atoms with Crippen molar-refractivity contribution in [2.45, 2.75) is 38.7 Å². The fraction of sp³-hybridized carbons (Fsp3) is 0.346. The molecule has 0 saturated carbocycles. The standard InChI is InChI=1S/C26H22F8N4O2/c1-13-20(27)24(40)37-22(36-13)19-18(26(32,33)34)6-5-15(21(19)28)12-35-23(39)14-7-9-38(10-8-14)17-4-2-3-16(11-17)25(29,30)31/h2-6,11,14H,7-10,12H2,1H3,(H,35,39)(H,36,37,40). The molecular weight excluding hydrogens is 552 g/mol. The van der Waals surface area contributed by atoms with Gasteiger partial charge in [0, 0.05) is 36.8 Å². The molecule has 6 nitrogen and oxygen atoms in total. The maximum absolute atomic E-state index is 15.4. The Balaban J connectivity index is 1.48. The van der Waals surface area contributed by atoms with E-state index in [1.807, 2.05) is 4.98 Å². The summed E-state index contributed by atoms with van der Waals surface area (Å²) in [5, 5.41) is 2.48. The van der Waals surface area contributed by atoms with Gasteiger partial charge in [0.25, 0.3) is 5.56 Å². The number of amides is 1. The van der Waals surface area contributed by atoms with E-state index in [1.54, 1.807) is 4.90 Å². The number of H-pyrrole nitrogens is 1. The predicted octanol–water partition coefficient (Wildman–Crippen LogP) is 5.59. The average molecular weight is 574 g/mol. The highest BCUT2D eigenvalue weighted by atomic mass is 19.4. The van der Waals surface area contributed by atoms with Gasteiger partial charge in [-0.25, -0.2) is 9.37 Å². The third kappa shape index (κ3) is 6.10. The summed E-state index contributed by atoms with van der Waals surface area (Å²) < 4.78 is 109. The molecule has 0 unspecified atom stereocenters. The van der Waals surface area contributed by atoms with Crippen molar-refractivity contribution in [2.75, 3.05) is 18.0 Å². The molecule has 1 aromatic heterocycles. The summed E-state index contributed by atoms with van der Waals surface area (Å²) >= 11 is 0. The number of hydrogen-bond donors (Lipinski definition) is 2. The van der Waals surface area contributed by atoms with Crippen molar-refractivity contribution < 1.29 is 39.9 Å². The Morgan fingerprint density at radius 3 is 2.30 bits per heavy atom. The maximum Gasteiger partial charge on any atom is 0.417 e. The lowest BCUT2D eigenvalue weighted by molar-refractivity contribution is -0.138. The lowest BCUT2D eigenvalue weighted by Gasteiger charge is -2.33. The van der Waals surface area contributed by atoms with E-state index in [0.717, 1.165) is 25.1 Å². The molecule has 1 aliphatic heterocycles. The normalized spacial score (nSPS) is 14.9.